The van der Waals surface area contributed by atoms with Gasteiger partial charge in [-0.2, -0.15) is 0 Å². The molecule has 2 heterocycles. The molecule has 1 aromatic carbocycles. The maximum atomic E-state index is 13.0. The van der Waals surface area contributed by atoms with Gasteiger partial charge in [0.25, 0.3) is 5.91 Å². The lowest BCUT2D eigenvalue weighted by molar-refractivity contribution is 0.0953. The summed E-state index contributed by atoms with van der Waals surface area (Å²) >= 11 is 2.57. The third kappa shape index (κ3) is 4.00. The van der Waals surface area contributed by atoms with Crippen LogP contribution in [0, 0.1) is 6.92 Å². The summed E-state index contributed by atoms with van der Waals surface area (Å²) < 4.78 is 26.2. The summed E-state index contributed by atoms with van der Waals surface area (Å²) in [6, 6.07) is 14.1. The Morgan fingerprint density at radius 2 is 1.84 bits per heavy atom. The zero-order valence-corrected chi connectivity index (χ0v) is 16.0. The monoisotopic (exact) mass is 391 g/mol. The predicted octanol–water partition coefficient (Wildman–Crippen LogP) is 4.06. The molecule has 3 aromatic rings. The number of thiophene rings is 2. The number of sulfone groups is 1. The fourth-order valence-electron chi connectivity index (χ4n) is 2.48. The minimum atomic E-state index is -3.55. The summed E-state index contributed by atoms with van der Waals surface area (Å²) in [5.41, 5.74) is 1.51. The van der Waals surface area contributed by atoms with Crippen molar-refractivity contribution in [2.24, 2.45) is 0 Å². The molecule has 0 spiro atoms. The summed E-state index contributed by atoms with van der Waals surface area (Å²) in [5.74, 6) is -0.272. The van der Waals surface area contributed by atoms with Gasteiger partial charge in [0.2, 0.25) is 0 Å². The van der Waals surface area contributed by atoms with Crippen LogP contribution in [0.1, 0.15) is 26.0 Å². The maximum Gasteiger partial charge on any atom is 0.251 e. The minimum absolute atomic E-state index is 0.0352. The average molecular weight is 392 g/mol. The number of nitrogens with one attached hydrogen (secondary N) is 1. The third-order valence-electron chi connectivity index (χ3n) is 3.74. The zero-order valence-electron chi connectivity index (χ0n) is 13.5. The summed E-state index contributed by atoms with van der Waals surface area (Å²) in [4.78, 5) is 13.1. The summed E-state index contributed by atoms with van der Waals surface area (Å²) in [6.45, 7) is 1.94. The van der Waals surface area contributed by atoms with Gasteiger partial charge < -0.3 is 5.32 Å². The van der Waals surface area contributed by atoms with Crippen LogP contribution < -0.4 is 5.32 Å². The second-order valence-corrected chi connectivity index (χ2v) is 9.84. The van der Waals surface area contributed by atoms with Crippen LogP contribution in [0.2, 0.25) is 0 Å². The Labute approximate surface area is 155 Å². The fraction of sp³-hybridized carbons (Fsp3) is 0.167. The predicted molar refractivity (Wildman–Crippen MR) is 102 cm³/mol. The molecule has 7 heteroatoms. The lowest BCUT2D eigenvalue weighted by Gasteiger charge is -2.16. The Morgan fingerprint density at radius 3 is 2.48 bits per heavy atom. The van der Waals surface area contributed by atoms with E-state index in [1.54, 1.807) is 35.7 Å². The second-order valence-electron chi connectivity index (χ2n) is 5.56. The summed E-state index contributed by atoms with van der Waals surface area (Å²) in [5, 5.41) is 5.57. The average Bonchev–Trinajstić information content (AvgIpc) is 3.28. The Morgan fingerprint density at radius 1 is 1.08 bits per heavy atom. The zero-order chi connectivity index (χ0) is 17.9. The van der Waals surface area contributed by atoms with Gasteiger partial charge in [-0.05, 0) is 41.9 Å². The number of hydrogen-bond acceptors (Lipinski definition) is 5. The molecule has 0 radical (unpaired) electrons. The Bertz CT molecular complexity index is 945. The van der Waals surface area contributed by atoms with Crippen LogP contribution in [0.15, 0.2) is 63.5 Å². The van der Waals surface area contributed by atoms with E-state index < -0.39 is 15.1 Å². The molecule has 0 fully saturated rings. The largest absolute Gasteiger partial charge is 0.350 e. The van der Waals surface area contributed by atoms with Gasteiger partial charge in [-0.3, -0.25) is 4.79 Å². The smallest absolute Gasteiger partial charge is 0.251 e. The van der Waals surface area contributed by atoms with Crippen molar-refractivity contribution in [2.45, 2.75) is 16.4 Å². The van der Waals surface area contributed by atoms with E-state index in [0.29, 0.717) is 9.77 Å². The molecular weight excluding hydrogens is 374 g/mol. The number of amides is 1. The van der Waals surface area contributed by atoms with Crippen molar-refractivity contribution in [3.63, 3.8) is 0 Å². The fourth-order valence-corrected chi connectivity index (χ4v) is 6.47. The molecule has 25 heavy (non-hydrogen) atoms. The Kier molecular flexibility index (Phi) is 5.36. The SMILES string of the molecule is Cc1cccc(C(=O)NC[C@H](c2cccs2)S(=O)(=O)c2cccs2)c1. The number of hydrogen-bond donors (Lipinski definition) is 1. The quantitative estimate of drug-likeness (QED) is 0.689. The first kappa shape index (κ1) is 17.8. The van der Waals surface area contributed by atoms with E-state index in [0.717, 1.165) is 10.4 Å². The highest BCUT2D eigenvalue weighted by molar-refractivity contribution is 7.93. The minimum Gasteiger partial charge on any atom is -0.350 e. The van der Waals surface area contributed by atoms with Crippen molar-refractivity contribution in [1.82, 2.24) is 5.32 Å². The van der Waals surface area contributed by atoms with Crippen LogP contribution in [0.5, 0.6) is 0 Å². The van der Waals surface area contributed by atoms with Crippen molar-refractivity contribution >= 4 is 38.4 Å². The van der Waals surface area contributed by atoms with Gasteiger partial charge in [0, 0.05) is 17.0 Å². The van der Waals surface area contributed by atoms with Gasteiger partial charge in [-0.1, -0.05) is 29.8 Å². The van der Waals surface area contributed by atoms with Crippen molar-refractivity contribution < 1.29 is 13.2 Å². The number of carbonyl (C=O) groups is 1. The van der Waals surface area contributed by atoms with Crippen LogP contribution in [0.3, 0.4) is 0 Å². The van der Waals surface area contributed by atoms with E-state index in [1.807, 2.05) is 30.5 Å². The molecule has 0 bridgehead atoms. The lowest BCUT2D eigenvalue weighted by Crippen LogP contribution is -2.31. The number of carbonyl (C=O) groups excluding carboxylic acids is 1. The molecule has 0 unspecified atom stereocenters. The molecule has 0 aliphatic carbocycles. The Balaban J connectivity index is 1.83. The van der Waals surface area contributed by atoms with Gasteiger partial charge in [-0.25, -0.2) is 8.42 Å². The molecule has 2 aromatic heterocycles. The normalized spacial score (nSPS) is 12.7. The molecule has 3 rings (SSSR count). The van der Waals surface area contributed by atoms with Crippen LogP contribution in [-0.4, -0.2) is 20.9 Å². The number of rotatable bonds is 6. The molecule has 4 nitrogen and oxygen atoms in total. The van der Waals surface area contributed by atoms with E-state index >= 15 is 0 Å². The molecular formula is C18H17NO3S3. The topological polar surface area (TPSA) is 63.2 Å². The van der Waals surface area contributed by atoms with Gasteiger partial charge in [0.15, 0.2) is 9.84 Å². The molecule has 0 aliphatic heterocycles. The summed E-state index contributed by atoms with van der Waals surface area (Å²) in [6.07, 6.45) is 0. The molecule has 1 atom stereocenters. The Hall–Kier alpha value is -1.96. The van der Waals surface area contributed by atoms with E-state index in [4.69, 9.17) is 0 Å². The van der Waals surface area contributed by atoms with Crippen LogP contribution in [0.25, 0.3) is 0 Å². The molecule has 0 saturated carbocycles. The molecule has 130 valence electrons. The second kappa shape index (κ2) is 7.51. The molecule has 0 aliphatic rings. The number of aryl methyl sites for hydroxylation is 1. The molecule has 0 saturated heterocycles. The van der Waals surface area contributed by atoms with Crippen LogP contribution in [-0.2, 0) is 9.84 Å². The highest BCUT2D eigenvalue weighted by Gasteiger charge is 2.31. The van der Waals surface area contributed by atoms with Gasteiger partial charge in [0.05, 0.1) is 0 Å². The molecule has 1 amide bonds. The van der Waals surface area contributed by atoms with Gasteiger partial charge >= 0.3 is 0 Å². The van der Waals surface area contributed by atoms with Gasteiger partial charge in [0.1, 0.15) is 9.46 Å². The van der Waals surface area contributed by atoms with Gasteiger partial charge in [-0.15, -0.1) is 22.7 Å². The van der Waals surface area contributed by atoms with Crippen molar-refractivity contribution in [1.29, 1.82) is 0 Å². The first-order valence-corrected chi connectivity index (χ1v) is 10.9. The van der Waals surface area contributed by atoms with E-state index in [-0.39, 0.29) is 12.5 Å². The van der Waals surface area contributed by atoms with E-state index in [2.05, 4.69) is 5.32 Å². The first-order valence-electron chi connectivity index (χ1n) is 7.64. The van der Waals surface area contributed by atoms with E-state index in [9.17, 15) is 13.2 Å². The van der Waals surface area contributed by atoms with Crippen molar-refractivity contribution in [2.75, 3.05) is 6.54 Å². The van der Waals surface area contributed by atoms with Crippen LogP contribution >= 0.6 is 22.7 Å². The first-order chi connectivity index (χ1) is 12.0. The van der Waals surface area contributed by atoms with Crippen molar-refractivity contribution in [3.8, 4) is 0 Å². The maximum absolute atomic E-state index is 13.0. The highest BCUT2D eigenvalue weighted by atomic mass is 32.2. The standard InChI is InChI=1S/C18H17NO3S3/c1-13-5-2-6-14(11-13)18(20)19-12-16(15-7-3-9-23-15)25(21,22)17-8-4-10-24-17/h2-11,16H,12H2,1H3,(H,19,20)/t16-/m1/s1. The third-order valence-corrected chi connectivity index (χ3v) is 8.39. The highest BCUT2D eigenvalue weighted by Crippen LogP contribution is 2.33. The molecule has 1 N–H and O–H groups in total. The van der Waals surface area contributed by atoms with Crippen LogP contribution in [0.4, 0.5) is 0 Å². The summed E-state index contributed by atoms with van der Waals surface area (Å²) in [7, 11) is -3.55. The van der Waals surface area contributed by atoms with E-state index in [1.165, 1.54) is 22.7 Å². The van der Waals surface area contributed by atoms with Crippen molar-refractivity contribution in [3.05, 3.63) is 75.3 Å². The lowest BCUT2D eigenvalue weighted by atomic mass is 10.1. The number of benzene rings is 1.